The first-order valence-corrected chi connectivity index (χ1v) is 8.46. The van der Waals surface area contributed by atoms with Gasteiger partial charge < -0.3 is 15.2 Å². The van der Waals surface area contributed by atoms with Crippen molar-refractivity contribution in [1.29, 1.82) is 0 Å². The Kier molecular flexibility index (Phi) is 3.81. The van der Waals surface area contributed by atoms with E-state index in [1.807, 2.05) is 42.8 Å². The number of aryl methyl sites for hydroxylation is 2. The molecule has 8 heteroatoms. The Morgan fingerprint density at radius 3 is 2.65 bits per heavy atom. The molecule has 0 unspecified atom stereocenters. The van der Waals surface area contributed by atoms with Gasteiger partial charge in [-0.25, -0.2) is 9.97 Å². The zero-order valence-electron chi connectivity index (χ0n) is 14.5. The number of nitrogens with one attached hydrogen (secondary N) is 3. The van der Waals surface area contributed by atoms with Gasteiger partial charge in [0, 0.05) is 14.1 Å². The van der Waals surface area contributed by atoms with Crippen LogP contribution in [0.4, 0.5) is 17.6 Å². The molecular formula is C18H17ClN6O. The van der Waals surface area contributed by atoms with Gasteiger partial charge in [0.05, 0.1) is 32.6 Å². The van der Waals surface area contributed by atoms with Crippen molar-refractivity contribution in [2.24, 2.45) is 7.05 Å². The molecule has 7 nitrogen and oxygen atoms in total. The maximum Gasteiger partial charge on any atom is 0.262 e. The Morgan fingerprint density at radius 2 is 1.92 bits per heavy atom. The number of hydrogen-bond donors (Lipinski definition) is 3. The van der Waals surface area contributed by atoms with Crippen molar-refractivity contribution >= 4 is 51.1 Å². The summed E-state index contributed by atoms with van der Waals surface area (Å²) < 4.78 is 1.84. The van der Waals surface area contributed by atoms with Crippen LogP contribution in [0.1, 0.15) is 5.56 Å². The number of aromatic amines is 1. The van der Waals surface area contributed by atoms with Crippen molar-refractivity contribution in [2.75, 3.05) is 17.7 Å². The summed E-state index contributed by atoms with van der Waals surface area (Å²) in [6.07, 6.45) is 0. The van der Waals surface area contributed by atoms with Crippen molar-refractivity contribution in [3.63, 3.8) is 0 Å². The molecule has 0 radical (unpaired) electrons. The lowest BCUT2D eigenvalue weighted by atomic mass is 10.2. The van der Waals surface area contributed by atoms with Crippen molar-refractivity contribution in [1.82, 2.24) is 19.5 Å². The first kappa shape index (κ1) is 16.4. The molecule has 0 aliphatic carbocycles. The smallest absolute Gasteiger partial charge is 0.262 e. The summed E-state index contributed by atoms with van der Waals surface area (Å²) in [6.45, 7) is 1.97. The third-order valence-electron chi connectivity index (χ3n) is 4.40. The predicted molar refractivity (Wildman–Crippen MR) is 106 cm³/mol. The highest BCUT2D eigenvalue weighted by Crippen LogP contribution is 2.31. The third kappa shape index (κ3) is 2.48. The number of hydrogen-bond acceptors (Lipinski definition) is 5. The van der Waals surface area contributed by atoms with Gasteiger partial charge in [0.2, 0.25) is 11.9 Å². The zero-order chi connectivity index (χ0) is 18.4. The fourth-order valence-corrected chi connectivity index (χ4v) is 3.33. The van der Waals surface area contributed by atoms with Gasteiger partial charge >= 0.3 is 0 Å². The van der Waals surface area contributed by atoms with Crippen LogP contribution < -0.4 is 16.2 Å². The van der Waals surface area contributed by atoms with Crippen LogP contribution in [-0.2, 0) is 7.05 Å². The number of halogens is 1. The SMILES string of the molecule is CNc1nc2ccc3nc(Nc4c(C)cccc4Cl)n(C)c3c2c(=O)[nH]1. The van der Waals surface area contributed by atoms with E-state index in [0.717, 1.165) is 11.3 Å². The molecule has 0 amide bonds. The van der Waals surface area contributed by atoms with E-state index in [0.29, 0.717) is 38.9 Å². The maximum atomic E-state index is 12.6. The molecule has 0 atom stereocenters. The minimum atomic E-state index is -0.214. The van der Waals surface area contributed by atoms with Crippen LogP contribution in [0.3, 0.4) is 0 Å². The quantitative estimate of drug-likeness (QED) is 0.514. The molecule has 4 aromatic rings. The molecule has 132 valence electrons. The fourth-order valence-electron chi connectivity index (χ4n) is 3.06. The van der Waals surface area contributed by atoms with E-state index in [9.17, 15) is 4.79 Å². The first-order valence-electron chi connectivity index (χ1n) is 8.09. The van der Waals surface area contributed by atoms with E-state index in [2.05, 4.69) is 25.6 Å². The molecule has 26 heavy (non-hydrogen) atoms. The van der Waals surface area contributed by atoms with Crippen LogP contribution in [0, 0.1) is 6.92 Å². The number of imidazole rings is 1. The van der Waals surface area contributed by atoms with Gasteiger partial charge in [-0.15, -0.1) is 0 Å². The lowest BCUT2D eigenvalue weighted by molar-refractivity contribution is 0.959. The number of anilines is 3. The van der Waals surface area contributed by atoms with E-state index in [4.69, 9.17) is 11.6 Å². The second-order valence-electron chi connectivity index (χ2n) is 6.04. The predicted octanol–water partition coefficient (Wildman–Crippen LogP) is 3.56. The lowest BCUT2D eigenvalue weighted by Crippen LogP contribution is -2.12. The second kappa shape index (κ2) is 6.03. The molecule has 0 spiro atoms. The van der Waals surface area contributed by atoms with E-state index in [1.54, 1.807) is 13.1 Å². The normalized spacial score (nSPS) is 11.2. The fraction of sp³-hybridized carbons (Fsp3) is 0.167. The monoisotopic (exact) mass is 368 g/mol. The molecule has 2 heterocycles. The Bertz CT molecular complexity index is 1190. The van der Waals surface area contributed by atoms with Crippen molar-refractivity contribution in [2.45, 2.75) is 6.92 Å². The minimum absolute atomic E-state index is 0.214. The van der Waals surface area contributed by atoms with Crippen LogP contribution in [0.15, 0.2) is 35.1 Å². The van der Waals surface area contributed by atoms with Crippen molar-refractivity contribution in [3.05, 3.63) is 51.3 Å². The van der Waals surface area contributed by atoms with Crippen LogP contribution in [0.25, 0.3) is 21.9 Å². The molecule has 3 N–H and O–H groups in total. The van der Waals surface area contributed by atoms with Gasteiger partial charge in [-0.3, -0.25) is 9.78 Å². The van der Waals surface area contributed by atoms with Crippen LogP contribution in [-0.4, -0.2) is 26.6 Å². The molecule has 2 aromatic heterocycles. The molecule has 0 saturated carbocycles. The maximum absolute atomic E-state index is 12.6. The Labute approximate surface area is 154 Å². The summed E-state index contributed by atoms with van der Waals surface area (Å²) in [5, 5.41) is 7.25. The molecule has 0 aliphatic heterocycles. The van der Waals surface area contributed by atoms with E-state index in [1.165, 1.54) is 0 Å². The van der Waals surface area contributed by atoms with Crippen molar-refractivity contribution < 1.29 is 0 Å². The van der Waals surface area contributed by atoms with Gasteiger partial charge in [0.15, 0.2) is 0 Å². The molecule has 0 fully saturated rings. The average Bonchev–Trinajstić information content (AvgIpc) is 2.94. The summed E-state index contributed by atoms with van der Waals surface area (Å²) in [6, 6.07) is 9.35. The Morgan fingerprint density at radius 1 is 1.15 bits per heavy atom. The average molecular weight is 369 g/mol. The number of benzene rings is 2. The van der Waals surface area contributed by atoms with Crippen LogP contribution in [0.2, 0.25) is 5.02 Å². The number of rotatable bonds is 3. The number of para-hydroxylation sites is 1. The van der Waals surface area contributed by atoms with Gasteiger partial charge in [0.1, 0.15) is 0 Å². The van der Waals surface area contributed by atoms with E-state index < -0.39 is 0 Å². The highest BCUT2D eigenvalue weighted by Gasteiger charge is 2.16. The van der Waals surface area contributed by atoms with Crippen LogP contribution in [0.5, 0.6) is 0 Å². The van der Waals surface area contributed by atoms with Gasteiger partial charge in [-0.05, 0) is 30.7 Å². The molecule has 0 bridgehead atoms. The number of fused-ring (bicyclic) bond motifs is 3. The summed E-state index contributed by atoms with van der Waals surface area (Å²) in [5.41, 5.74) is 3.61. The summed E-state index contributed by atoms with van der Waals surface area (Å²) in [5.74, 6) is 1.02. The van der Waals surface area contributed by atoms with Crippen molar-refractivity contribution in [3.8, 4) is 0 Å². The van der Waals surface area contributed by atoms with Gasteiger partial charge in [-0.2, -0.15) is 0 Å². The number of aromatic nitrogens is 4. The molecule has 2 aromatic carbocycles. The third-order valence-corrected chi connectivity index (χ3v) is 4.72. The van der Waals surface area contributed by atoms with Gasteiger partial charge in [0.25, 0.3) is 5.56 Å². The standard InChI is InChI=1S/C18H17ClN6O/c1-9-5-4-6-10(19)14(9)23-18-22-12-8-7-11-13(15(12)25(18)3)16(26)24-17(20-2)21-11/h4-8H,1-3H3,(H,22,23)(H2,20,21,24,26). The highest BCUT2D eigenvalue weighted by molar-refractivity contribution is 6.33. The summed E-state index contributed by atoms with van der Waals surface area (Å²) in [7, 11) is 3.56. The highest BCUT2D eigenvalue weighted by atomic mass is 35.5. The first-order chi connectivity index (χ1) is 12.5. The number of nitrogens with zero attached hydrogens (tertiary/aromatic N) is 3. The second-order valence-corrected chi connectivity index (χ2v) is 6.45. The molecular weight excluding hydrogens is 352 g/mol. The molecule has 4 rings (SSSR count). The van der Waals surface area contributed by atoms with E-state index >= 15 is 0 Å². The van der Waals surface area contributed by atoms with E-state index in [-0.39, 0.29) is 5.56 Å². The van der Waals surface area contributed by atoms with Gasteiger partial charge in [-0.1, -0.05) is 23.7 Å². The molecule has 0 aliphatic rings. The Hall–Kier alpha value is -3.06. The summed E-state index contributed by atoms with van der Waals surface area (Å²) in [4.78, 5) is 24.4. The largest absolute Gasteiger partial charge is 0.359 e. The topological polar surface area (TPSA) is 87.6 Å². The summed E-state index contributed by atoms with van der Waals surface area (Å²) >= 11 is 6.31. The van der Waals surface area contributed by atoms with Crippen LogP contribution >= 0.6 is 11.6 Å². The lowest BCUT2D eigenvalue weighted by Gasteiger charge is -2.11. The molecule has 0 saturated heterocycles. The zero-order valence-corrected chi connectivity index (χ0v) is 15.3. The minimum Gasteiger partial charge on any atom is -0.359 e. The number of H-pyrrole nitrogens is 1. The Balaban J connectivity index is 1.95.